The van der Waals surface area contributed by atoms with Gasteiger partial charge in [-0.3, -0.25) is 0 Å². The molecule has 1 heterocycles. The molecule has 20 heavy (non-hydrogen) atoms. The maximum Gasteiger partial charge on any atom is 0.211 e. The van der Waals surface area contributed by atoms with Crippen LogP contribution < -0.4 is 10.0 Å². The van der Waals surface area contributed by atoms with Crippen LogP contribution in [0.4, 0.5) is 0 Å². The summed E-state index contributed by atoms with van der Waals surface area (Å²) in [6.45, 7) is 2.88. The van der Waals surface area contributed by atoms with Crippen molar-refractivity contribution in [3.8, 4) is 0 Å². The van der Waals surface area contributed by atoms with Crippen molar-refractivity contribution >= 4 is 10.0 Å². The molecule has 0 radical (unpaired) electrons. The predicted octanol–water partition coefficient (Wildman–Crippen LogP) is 1.25. The molecule has 2 rings (SSSR count). The van der Waals surface area contributed by atoms with E-state index in [-0.39, 0.29) is 0 Å². The molecule has 1 saturated carbocycles. The Morgan fingerprint density at radius 2 is 1.75 bits per heavy atom. The van der Waals surface area contributed by atoms with Crippen molar-refractivity contribution in [1.29, 1.82) is 0 Å². The average molecular weight is 304 g/mol. The standard InChI is InChI=1S/C14H28N2O3S/c17-20(18,12-13-4-2-1-3-5-13)16-10-11-19-14-6-8-15-9-7-14/h13-16H,1-12H2. The van der Waals surface area contributed by atoms with Gasteiger partial charge in [-0.25, -0.2) is 13.1 Å². The zero-order valence-corrected chi connectivity index (χ0v) is 13.1. The van der Waals surface area contributed by atoms with Crippen LogP contribution in [0.3, 0.4) is 0 Å². The summed E-state index contributed by atoms with van der Waals surface area (Å²) < 4.78 is 32.3. The molecule has 0 unspecified atom stereocenters. The third-order valence-corrected chi connectivity index (χ3v) is 5.80. The lowest BCUT2D eigenvalue weighted by molar-refractivity contribution is 0.0366. The molecule has 1 aliphatic heterocycles. The van der Waals surface area contributed by atoms with Gasteiger partial charge >= 0.3 is 0 Å². The minimum atomic E-state index is -3.13. The Morgan fingerprint density at radius 3 is 2.45 bits per heavy atom. The summed E-state index contributed by atoms with van der Waals surface area (Å²) in [5, 5.41) is 3.28. The molecule has 6 heteroatoms. The van der Waals surface area contributed by atoms with Crippen LogP contribution in [0.5, 0.6) is 0 Å². The van der Waals surface area contributed by atoms with Gasteiger partial charge in [0.05, 0.1) is 18.5 Å². The van der Waals surface area contributed by atoms with Gasteiger partial charge < -0.3 is 10.1 Å². The van der Waals surface area contributed by atoms with Crippen LogP contribution in [0, 0.1) is 5.92 Å². The fourth-order valence-electron chi connectivity index (χ4n) is 3.11. The Hall–Kier alpha value is -0.170. The molecular weight excluding hydrogens is 276 g/mol. The van der Waals surface area contributed by atoms with E-state index in [1.54, 1.807) is 0 Å². The minimum Gasteiger partial charge on any atom is -0.377 e. The second kappa shape index (κ2) is 8.32. The molecule has 0 amide bonds. The van der Waals surface area contributed by atoms with E-state index in [1.165, 1.54) is 19.3 Å². The van der Waals surface area contributed by atoms with E-state index in [0.717, 1.165) is 38.8 Å². The molecule has 0 aromatic heterocycles. The number of hydrogen-bond donors (Lipinski definition) is 2. The maximum absolute atomic E-state index is 12.0. The van der Waals surface area contributed by atoms with Crippen molar-refractivity contribution in [3.63, 3.8) is 0 Å². The van der Waals surface area contributed by atoms with Crippen molar-refractivity contribution in [2.45, 2.75) is 51.0 Å². The van der Waals surface area contributed by atoms with Gasteiger partial charge in [0.25, 0.3) is 0 Å². The molecule has 0 bridgehead atoms. The van der Waals surface area contributed by atoms with E-state index in [9.17, 15) is 8.42 Å². The van der Waals surface area contributed by atoms with Gasteiger partial charge in [-0.15, -0.1) is 0 Å². The normalized spacial score (nSPS) is 23.0. The van der Waals surface area contributed by atoms with E-state index in [2.05, 4.69) is 10.0 Å². The number of nitrogens with one attached hydrogen (secondary N) is 2. The van der Waals surface area contributed by atoms with Crippen LogP contribution >= 0.6 is 0 Å². The second-order valence-corrected chi connectivity index (χ2v) is 7.85. The fourth-order valence-corrected chi connectivity index (χ4v) is 4.57. The summed E-state index contributed by atoms with van der Waals surface area (Å²) in [4.78, 5) is 0. The zero-order chi connectivity index (χ0) is 14.3. The third kappa shape index (κ3) is 6.08. The molecule has 0 atom stereocenters. The van der Waals surface area contributed by atoms with Crippen LogP contribution in [-0.2, 0) is 14.8 Å². The van der Waals surface area contributed by atoms with E-state index < -0.39 is 10.0 Å². The fraction of sp³-hybridized carbons (Fsp3) is 1.00. The Labute approximate surface area is 122 Å². The van der Waals surface area contributed by atoms with Crippen molar-refractivity contribution in [3.05, 3.63) is 0 Å². The van der Waals surface area contributed by atoms with Gasteiger partial charge in [0.15, 0.2) is 0 Å². The molecule has 2 fully saturated rings. The summed E-state index contributed by atoms with van der Waals surface area (Å²) in [6, 6.07) is 0. The van der Waals surface area contributed by atoms with Crippen LogP contribution in [0.25, 0.3) is 0 Å². The predicted molar refractivity (Wildman–Crippen MR) is 80.2 cm³/mol. The molecule has 2 aliphatic rings. The van der Waals surface area contributed by atoms with Crippen molar-refractivity contribution in [1.82, 2.24) is 10.0 Å². The summed E-state index contributed by atoms with van der Waals surface area (Å²) >= 11 is 0. The molecule has 5 nitrogen and oxygen atoms in total. The highest BCUT2D eigenvalue weighted by molar-refractivity contribution is 7.89. The summed E-state index contributed by atoms with van der Waals surface area (Å²) in [5.41, 5.74) is 0. The van der Waals surface area contributed by atoms with E-state index in [4.69, 9.17) is 4.74 Å². The summed E-state index contributed by atoms with van der Waals surface area (Å²) in [7, 11) is -3.13. The maximum atomic E-state index is 12.0. The first-order valence-corrected chi connectivity index (χ1v) is 9.60. The monoisotopic (exact) mass is 304 g/mol. The van der Waals surface area contributed by atoms with Gasteiger partial charge in [0.2, 0.25) is 10.0 Å². The first-order chi connectivity index (χ1) is 9.66. The molecule has 0 aromatic carbocycles. The van der Waals surface area contributed by atoms with E-state index in [0.29, 0.717) is 30.9 Å². The lowest BCUT2D eigenvalue weighted by Crippen LogP contribution is -2.36. The molecule has 0 aromatic rings. The summed E-state index contributed by atoms with van der Waals surface area (Å²) in [5.74, 6) is 0.645. The smallest absolute Gasteiger partial charge is 0.211 e. The van der Waals surface area contributed by atoms with Gasteiger partial charge in [0.1, 0.15) is 0 Å². The molecule has 0 spiro atoms. The van der Waals surface area contributed by atoms with Crippen LogP contribution in [0.1, 0.15) is 44.9 Å². The van der Waals surface area contributed by atoms with Crippen molar-refractivity contribution in [2.24, 2.45) is 5.92 Å². The molecule has 2 N–H and O–H groups in total. The highest BCUT2D eigenvalue weighted by atomic mass is 32.2. The first kappa shape index (κ1) is 16.2. The SMILES string of the molecule is O=S(=O)(CC1CCCCC1)NCCOC1CCNCC1. The topological polar surface area (TPSA) is 67.4 Å². The first-order valence-electron chi connectivity index (χ1n) is 7.95. The van der Waals surface area contributed by atoms with Crippen LogP contribution in [-0.4, -0.2) is 46.5 Å². The lowest BCUT2D eigenvalue weighted by atomic mass is 9.91. The van der Waals surface area contributed by atoms with Gasteiger partial charge in [-0.05, 0) is 44.7 Å². The minimum absolute atomic E-state index is 0.291. The molecule has 118 valence electrons. The quantitative estimate of drug-likeness (QED) is 0.695. The number of hydrogen-bond acceptors (Lipinski definition) is 4. The molecule has 1 saturated heterocycles. The molecular formula is C14H28N2O3S. The lowest BCUT2D eigenvalue weighted by Gasteiger charge is -2.23. The van der Waals surface area contributed by atoms with E-state index >= 15 is 0 Å². The Balaban J connectivity index is 1.59. The number of rotatable bonds is 7. The Morgan fingerprint density at radius 1 is 1.05 bits per heavy atom. The largest absolute Gasteiger partial charge is 0.377 e. The number of piperidine rings is 1. The van der Waals surface area contributed by atoms with Crippen LogP contribution in [0.15, 0.2) is 0 Å². The zero-order valence-electron chi connectivity index (χ0n) is 12.3. The highest BCUT2D eigenvalue weighted by Gasteiger charge is 2.21. The van der Waals surface area contributed by atoms with Crippen LogP contribution in [0.2, 0.25) is 0 Å². The van der Waals surface area contributed by atoms with E-state index in [1.807, 2.05) is 0 Å². The van der Waals surface area contributed by atoms with Gasteiger partial charge in [-0.1, -0.05) is 19.3 Å². The van der Waals surface area contributed by atoms with Crippen molar-refractivity contribution < 1.29 is 13.2 Å². The Bertz CT molecular complexity index is 361. The summed E-state index contributed by atoms with van der Waals surface area (Å²) in [6.07, 6.45) is 8.08. The third-order valence-electron chi connectivity index (χ3n) is 4.24. The average Bonchev–Trinajstić information content (AvgIpc) is 2.45. The number of sulfonamides is 1. The van der Waals surface area contributed by atoms with Gasteiger partial charge in [-0.2, -0.15) is 0 Å². The second-order valence-electron chi connectivity index (χ2n) is 6.00. The Kier molecular flexibility index (Phi) is 6.74. The van der Waals surface area contributed by atoms with Crippen molar-refractivity contribution in [2.75, 3.05) is 32.0 Å². The molecule has 1 aliphatic carbocycles. The highest BCUT2D eigenvalue weighted by Crippen LogP contribution is 2.24. The van der Waals surface area contributed by atoms with Gasteiger partial charge in [0, 0.05) is 6.54 Å². The number of ether oxygens (including phenoxy) is 1.